The molecule has 0 radical (unpaired) electrons. The third-order valence-electron chi connectivity index (χ3n) is 5.94. The zero-order chi connectivity index (χ0) is 25.3. The minimum Gasteiger partial charge on any atom is -0.462 e. The maximum absolute atomic E-state index is 13.2. The Kier molecular flexibility index (Phi) is 7.36. The zero-order valence-corrected chi connectivity index (χ0v) is 21.7. The normalized spacial score (nSPS) is 15.0. The molecular formula is C24H27N3O6S2. The summed E-state index contributed by atoms with van der Waals surface area (Å²) in [6.45, 7) is 7.20. The predicted molar refractivity (Wildman–Crippen MR) is 135 cm³/mol. The average Bonchev–Trinajstić information content (AvgIpc) is 3.33. The number of hydrogen-bond acceptors (Lipinski definition) is 9. The summed E-state index contributed by atoms with van der Waals surface area (Å²) < 4.78 is 11.5. The summed E-state index contributed by atoms with van der Waals surface area (Å²) in [5.74, 6) is -1.17. The quantitative estimate of drug-likeness (QED) is 0.472. The molecule has 0 bridgehead atoms. The summed E-state index contributed by atoms with van der Waals surface area (Å²) in [5, 5.41) is 3.45. The van der Waals surface area contributed by atoms with Crippen molar-refractivity contribution < 1.29 is 23.9 Å². The largest absolute Gasteiger partial charge is 0.462 e. The lowest BCUT2D eigenvalue weighted by atomic mass is 9.89. The van der Waals surface area contributed by atoms with Crippen molar-refractivity contribution >= 4 is 55.7 Å². The molecule has 3 heterocycles. The van der Waals surface area contributed by atoms with Gasteiger partial charge in [-0.05, 0) is 57.1 Å². The topological polar surface area (TPSA) is 117 Å². The molecule has 35 heavy (non-hydrogen) atoms. The number of carbonyl (C=O) groups excluding carboxylic acids is 3. The molecule has 0 spiro atoms. The summed E-state index contributed by atoms with van der Waals surface area (Å²) in [7, 11) is 0. The molecule has 186 valence electrons. The van der Waals surface area contributed by atoms with Crippen LogP contribution in [-0.2, 0) is 33.7 Å². The van der Waals surface area contributed by atoms with E-state index >= 15 is 0 Å². The molecule has 1 amide bonds. The number of rotatable bonds is 7. The van der Waals surface area contributed by atoms with Gasteiger partial charge in [0.25, 0.3) is 5.56 Å². The number of ether oxygens (including phenoxy) is 2. The summed E-state index contributed by atoms with van der Waals surface area (Å²) in [6.07, 6.45) is 4.17. The SMILES string of the molecule is CCOC(=O)c1sc(NC(=O)Cn2cnc3sc4c(c3c2=O)CC[C@@H](C)C4)c(C(=O)OCC)c1C. The van der Waals surface area contributed by atoms with Gasteiger partial charge in [-0.3, -0.25) is 14.2 Å². The first-order valence-corrected chi connectivity index (χ1v) is 13.2. The van der Waals surface area contributed by atoms with E-state index in [9.17, 15) is 19.2 Å². The van der Waals surface area contributed by atoms with Crippen LogP contribution in [0.5, 0.6) is 0 Å². The van der Waals surface area contributed by atoms with Crippen LogP contribution < -0.4 is 10.9 Å². The van der Waals surface area contributed by atoms with Gasteiger partial charge < -0.3 is 14.8 Å². The lowest BCUT2D eigenvalue weighted by molar-refractivity contribution is -0.116. The highest BCUT2D eigenvalue weighted by molar-refractivity contribution is 7.19. The Hall–Kier alpha value is -3.05. The molecule has 1 N–H and O–H groups in total. The minimum absolute atomic E-state index is 0.107. The van der Waals surface area contributed by atoms with E-state index in [1.54, 1.807) is 32.1 Å². The molecular weight excluding hydrogens is 490 g/mol. The lowest BCUT2D eigenvalue weighted by Crippen LogP contribution is -2.28. The summed E-state index contributed by atoms with van der Waals surface area (Å²) in [6, 6.07) is 0. The van der Waals surface area contributed by atoms with Crippen molar-refractivity contribution in [2.75, 3.05) is 18.5 Å². The van der Waals surface area contributed by atoms with E-state index in [1.165, 1.54) is 15.8 Å². The smallest absolute Gasteiger partial charge is 0.348 e. The van der Waals surface area contributed by atoms with Gasteiger partial charge in [-0.1, -0.05) is 6.92 Å². The first-order chi connectivity index (χ1) is 16.7. The molecule has 0 aromatic carbocycles. The van der Waals surface area contributed by atoms with Crippen molar-refractivity contribution in [3.05, 3.63) is 43.1 Å². The lowest BCUT2D eigenvalue weighted by Gasteiger charge is -2.17. The van der Waals surface area contributed by atoms with E-state index < -0.39 is 17.8 Å². The zero-order valence-electron chi connectivity index (χ0n) is 20.1. The van der Waals surface area contributed by atoms with Crippen LogP contribution >= 0.6 is 22.7 Å². The van der Waals surface area contributed by atoms with Gasteiger partial charge in [-0.2, -0.15) is 0 Å². The summed E-state index contributed by atoms with van der Waals surface area (Å²) in [5.41, 5.74) is 1.28. The fourth-order valence-electron chi connectivity index (χ4n) is 4.24. The molecule has 0 fully saturated rings. The Bertz CT molecular complexity index is 1370. The second-order valence-corrected chi connectivity index (χ2v) is 10.6. The van der Waals surface area contributed by atoms with Crippen LogP contribution in [0.1, 0.15) is 63.2 Å². The number of amides is 1. The molecule has 0 saturated heterocycles. The number of fused-ring (bicyclic) bond motifs is 3. The van der Waals surface area contributed by atoms with Crippen LogP contribution in [-0.4, -0.2) is 40.6 Å². The van der Waals surface area contributed by atoms with Crippen LogP contribution in [0, 0.1) is 12.8 Å². The summed E-state index contributed by atoms with van der Waals surface area (Å²) >= 11 is 2.50. The molecule has 1 atom stereocenters. The van der Waals surface area contributed by atoms with Crippen molar-refractivity contribution in [2.45, 2.75) is 53.5 Å². The first-order valence-electron chi connectivity index (χ1n) is 11.5. The van der Waals surface area contributed by atoms with Gasteiger partial charge in [0.15, 0.2) is 0 Å². The Morgan fingerprint density at radius 3 is 2.60 bits per heavy atom. The van der Waals surface area contributed by atoms with E-state index in [-0.39, 0.29) is 40.8 Å². The molecule has 1 aliphatic carbocycles. The van der Waals surface area contributed by atoms with Gasteiger partial charge >= 0.3 is 11.9 Å². The van der Waals surface area contributed by atoms with Gasteiger partial charge in [-0.15, -0.1) is 22.7 Å². The van der Waals surface area contributed by atoms with Crippen molar-refractivity contribution in [2.24, 2.45) is 5.92 Å². The van der Waals surface area contributed by atoms with E-state index in [0.717, 1.165) is 36.2 Å². The van der Waals surface area contributed by atoms with Crippen molar-refractivity contribution in [1.82, 2.24) is 9.55 Å². The van der Waals surface area contributed by atoms with Gasteiger partial charge in [0.2, 0.25) is 5.91 Å². The highest BCUT2D eigenvalue weighted by Crippen LogP contribution is 2.36. The Balaban J connectivity index is 1.62. The van der Waals surface area contributed by atoms with Gasteiger partial charge in [0.05, 0.1) is 30.5 Å². The summed E-state index contributed by atoms with van der Waals surface area (Å²) in [4.78, 5) is 57.6. The van der Waals surface area contributed by atoms with E-state index in [2.05, 4.69) is 17.2 Å². The Labute approximate surface area is 210 Å². The fraction of sp³-hybridized carbons (Fsp3) is 0.458. The van der Waals surface area contributed by atoms with Crippen LogP contribution in [0.4, 0.5) is 5.00 Å². The maximum Gasteiger partial charge on any atom is 0.348 e. The van der Waals surface area contributed by atoms with Crippen molar-refractivity contribution in [1.29, 1.82) is 0 Å². The highest BCUT2D eigenvalue weighted by atomic mass is 32.1. The van der Waals surface area contributed by atoms with Crippen LogP contribution in [0.25, 0.3) is 10.2 Å². The monoisotopic (exact) mass is 517 g/mol. The minimum atomic E-state index is -0.647. The molecule has 3 aromatic rings. The molecule has 0 unspecified atom stereocenters. The first kappa shape index (κ1) is 25.1. The number of aryl methyl sites for hydroxylation is 1. The molecule has 11 heteroatoms. The Morgan fingerprint density at radius 2 is 1.89 bits per heavy atom. The third kappa shape index (κ3) is 4.87. The Morgan fingerprint density at radius 1 is 1.17 bits per heavy atom. The second kappa shape index (κ2) is 10.3. The van der Waals surface area contributed by atoms with Crippen LogP contribution in [0.3, 0.4) is 0 Å². The maximum atomic E-state index is 13.2. The number of anilines is 1. The van der Waals surface area contributed by atoms with Crippen molar-refractivity contribution in [3.8, 4) is 0 Å². The van der Waals surface area contributed by atoms with E-state index in [4.69, 9.17) is 9.47 Å². The van der Waals surface area contributed by atoms with Crippen LogP contribution in [0.15, 0.2) is 11.1 Å². The molecule has 9 nitrogen and oxygen atoms in total. The molecule has 0 aliphatic heterocycles. The van der Waals surface area contributed by atoms with E-state index in [1.807, 2.05) is 0 Å². The van der Waals surface area contributed by atoms with Gasteiger partial charge in [-0.25, -0.2) is 14.6 Å². The molecule has 1 aliphatic rings. The van der Waals surface area contributed by atoms with Crippen molar-refractivity contribution in [3.63, 3.8) is 0 Å². The molecule has 0 saturated carbocycles. The number of thiophene rings is 2. The number of esters is 2. The standard InChI is InChI=1S/C24H27N3O6S2/c1-5-32-23(30)17-13(4)19(24(31)33-6-2)35-21(17)26-16(28)10-27-11-25-20-18(22(27)29)14-8-7-12(3)9-15(14)34-20/h11-12H,5-10H2,1-4H3,(H,26,28)/t12-/m1/s1. The second-order valence-electron chi connectivity index (χ2n) is 8.46. The average molecular weight is 518 g/mol. The van der Waals surface area contributed by atoms with Gasteiger partial charge in [0.1, 0.15) is 21.3 Å². The van der Waals surface area contributed by atoms with Gasteiger partial charge in [0, 0.05) is 4.88 Å². The highest BCUT2D eigenvalue weighted by Gasteiger charge is 2.28. The number of nitrogens with zero attached hydrogens (tertiary/aromatic N) is 2. The fourth-order valence-corrected chi connectivity index (χ4v) is 6.69. The number of aromatic nitrogens is 2. The molecule has 4 rings (SSSR count). The number of nitrogens with one attached hydrogen (secondary N) is 1. The molecule has 3 aromatic heterocycles. The predicted octanol–water partition coefficient (Wildman–Crippen LogP) is 3.94. The third-order valence-corrected chi connectivity index (χ3v) is 8.29. The van der Waals surface area contributed by atoms with E-state index in [0.29, 0.717) is 21.7 Å². The van der Waals surface area contributed by atoms with Crippen LogP contribution in [0.2, 0.25) is 0 Å². The number of hydrogen-bond donors (Lipinski definition) is 1. The number of carbonyl (C=O) groups is 3.